The summed E-state index contributed by atoms with van der Waals surface area (Å²) >= 11 is 0. The minimum atomic E-state index is -6.23. The average Bonchev–Trinajstić information content (AvgIpc) is 2.47. The molecule has 0 aliphatic carbocycles. The van der Waals surface area contributed by atoms with Gasteiger partial charge in [0.15, 0.2) is 11.6 Å². The van der Waals surface area contributed by atoms with Crippen LogP contribution in [0.1, 0.15) is 5.56 Å². The molecule has 2 aromatic rings. The SMILES string of the molecule is O=S(=O)(Oc1cc(-c2ccc(F)c(F)c2)cc(C(F)(F)F)c1)C(F)(F)F. The van der Waals surface area contributed by atoms with Gasteiger partial charge in [0.25, 0.3) is 0 Å². The lowest BCUT2D eigenvalue weighted by molar-refractivity contribution is -0.137. The minimum Gasteiger partial charge on any atom is -0.376 e. The summed E-state index contributed by atoms with van der Waals surface area (Å²) in [5.41, 5.74) is -8.30. The molecule has 0 spiro atoms. The van der Waals surface area contributed by atoms with Gasteiger partial charge in [-0.05, 0) is 41.5 Å². The van der Waals surface area contributed by atoms with Gasteiger partial charge in [-0.25, -0.2) is 8.78 Å². The van der Waals surface area contributed by atoms with E-state index < -0.39 is 50.3 Å². The Morgan fingerprint density at radius 1 is 0.769 bits per heavy atom. The van der Waals surface area contributed by atoms with Gasteiger partial charge in [0.1, 0.15) is 5.75 Å². The van der Waals surface area contributed by atoms with Gasteiger partial charge >= 0.3 is 21.8 Å². The molecular formula is C14H6F8O3S. The lowest BCUT2D eigenvalue weighted by atomic mass is 10.0. The molecule has 0 aromatic heterocycles. The molecule has 0 aliphatic rings. The fourth-order valence-electron chi connectivity index (χ4n) is 1.83. The van der Waals surface area contributed by atoms with Crippen LogP contribution in [-0.2, 0) is 16.3 Å². The van der Waals surface area contributed by atoms with E-state index in [1.54, 1.807) is 0 Å². The van der Waals surface area contributed by atoms with Crippen LogP contribution in [0.15, 0.2) is 36.4 Å². The molecule has 0 heterocycles. The van der Waals surface area contributed by atoms with Crippen LogP contribution >= 0.6 is 0 Å². The third-order valence-electron chi connectivity index (χ3n) is 2.98. The summed E-state index contributed by atoms with van der Waals surface area (Å²) < 4.78 is 128. The number of alkyl halides is 6. The van der Waals surface area contributed by atoms with E-state index in [0.717, 1.165) is 6.07 Å². The van der Waals surface area contributed by atoms with Crippen molar-refractivity contribution < 1.29 is 47.7 Å². The van der Waals surface area contributed by atoms with Gasteiger partial charge in [0.05, 0.1) is 5.56 Å². The lowest BCUT2D eigenvalue weighted by Crippen LogP contribution is -2.28. The van der Waals surface area contributed by atoms with Crippen LogP contribution in [0.4, 0.5) is 35.1 Å². The molecular weight excluding hydrogens is 400 g/mol. The summed E-state index contributed by atoms with van der Waals surface area (Å²) in [6, 6.07) is 2.90. The molecule has 0 saturated heterocycles. The Morgan fingerprint density at radius 3 is 1.88 bits per heavy atom. The average molecular weight is 406 g/mol. The molecule has 0 amide bonds. The minimum absolute atomic E-state index is 0.0344. The van der Waals surface area contributed by atoms with Crippen molar-refractivity contribution in [2.75, 3.05) is 0 Å². The maximum absolute atomic E-state index is 13.3. The molecule has 26 heavy (non-hydrogen) atoms. The molecule has 0 saturated carbocycles. The van der Waals surface area contributed by atoms with E-state index in [2.05, 4.69) is 4.18 Å². The lowest BCUT2D eigenvalue weighted by Gasteiger charge is -2.14. The molecule has 0 N–H and O–H groups in total. The second kappa shape index (κ2) is 6.41. The molecule has 0 radical (unpaired) electrons. The van der Waals surface area contributed by atoms with E-state index >= 15 is 0 Å². The Kier molecular flexibility index (Phi) is 4.92. The Bertz CT molecular complexity index is 932. The van der Waals surface area contributed by atoms with E-state index in [4.69, 9.17) is 0 Å². The number of halogens is 8. The molecule has 2 rings (SSSR count). The van der Waals surface area contributed by atoms with Crippen LogP contribution < -0.4 is 4.18 Å². The summed E-state index contributed by atoms with van der Waals surface area (Å²) in [4.78, 5) is 0. The van der Waals surface area contributed by atoms with Crippen molar-refractivity contribution in [1.82, 2.24) is 0 Å². The first-order valence-electron chi connectivity index (χ1n) is 6.39. The Balaban J connectivity index is 2.61. The van der Waals surface area contributed by atoms with Gasteiger partial charge in [-0.3, -0.25) is 0 Å². The summed E-state index contributed by atoms with van der Waals surface area (Å²) in [5, 5.41) is 0. The molecule has 12 heteroatoms. The largest absolute Gasteiger partial charge is 0.534 e. The molecule has 0 bridgehead atoms. The van der Waals surface area contributed by atoms with Crippen molar-refractivity contribution >= 4 is 10.1 Å². The molecule has 0 unspecified atom stereocenters. The standard InChI is InChI=1S/C14H6F8O3S/c15-11-2-1-7(5-12(11)16)8-3-9(13(17,18)19)6-10(4-8)25-26(23,24)14(20,21)22/h1-6H. The second-order valence-corrected chi connectivity index (χ2v) is 6.39. The van der Waals surface area contributed by atoms with Gasteiger partial charge in [-0.1, -0.05) is 6.07 Å². The Hall–Kier alpha value is -2.37. The van der Waals surface area contributed by atoms with Gasteiger partial charge in [0, 0.05) is 0 Å². The van der Waals surface area contributed by atoms with Gasteiger partial charge < -0.3 is 4.18 Å². The first-order valence-corrected chi connectivity index (χ1v) is 7.80. The first-order chi connectivity index (χ1) is 11.7. The van der Waals surface area contributed by atoms with E-state index in [1.807, 2.05) is 0 Å². The second-order valence-electron chi connectivity index (χ2n) is 4.86. The highest BCUT2D eigenvalue weighted by atomic mass is 32.2. The zero-order valence-corrected chi connectivity index (χ0v) is 12.9. The van der Waals surface area contributed by atoms with Crippen molar-refractivity contribution in [3.63, 3.8) is 0 Å². The van der Waals surface area contributed by atoms with Crippen LogP contribution in [0.5, 0.6) is 5.75 Å². The third kappa shape index (κ3) is 4.23. The van der Waals surface area contributed by atoms with Crippen LogP contribution in [-0.4, -0.2) is 13.9 Å². The maximum atomic E-state index is 13.3. The molecule has 0 atom stereocenters. The summed E-state index contributed by atoms with van der Waals surface area (Å²) in [6.45, 7) is 0. The fraction of sp³-hybridized carbons (Fsp3) is 0.143. The topological polar surface area (TPSA) is 43.4 Å². The highest BCUT2D eigenvalue weighted by molar-refractivity contribution is 7.88. The molecule has 2 aromatic carbocycles. The Labute approximate surface area is 140 Å². The third-order valence-corrected chi connectivity index (χ3v) is 3.96. The van der Waals surface area contributed by atoms with Crippen LogP contribution in [0.3, 0.4) is 0 Å². The fourth-order valence-corrected chi connectivity index (χ4v) is 2.27. The molecule has 0 fully saturated rings. The van der Waals surface area contributed by atoms with Crippen molar-refractivity contribution in [2.45, 2.75) is 11.7 Å². The highest BCUT2D eigenvalue weighted by Crippen LogP contribution is 2.37. The van der Waals surface area contributed by atoms with Crippen LogP contribution in [0.2, 0.25) is 0 Å². The monoisotopic (exact) mass is 406 g/mol. The molecule has 0 aliphatic heterocycles. The molecule has 142 valence electrons. The number of hydrogen-bond acceptors (Lipinski definition) is 3. The highest BCUT2D eigenvalue weighted by Gasteiger charge is 2.48. The van der Waals surface area contributed by atoms with Crippen LogP contribution in [0.25, 0.3) is 11.1 Å². The van der Waals surface area contributed by atoms with Gasteiger partial charge in [-0.15, -0.1) is 0 Å². The Morgan fingerprint density at radius 2 is 1.38 bits per heavy atom. The van der Waals surface area contributed by atoms with Crippen molar-refractivity contribution in [1.29, 1.82) is 0 Å². The van der Waals surface area contributed by atoms with E-state index in [-0.39, 0.29) is 11.6 Å². The van der Waals surface area contributed by atoms with Crippen LogP contribution in [0, 0.1) is 11.6 Å². The summed E-state index contributed by atoms with van der Waals surface area (Å²) in [6.07, 6.45) is -5.07. The van der Waals surface area contributed by atoms with E-state index in [0.29, 0.717) is 24.3 Å². The van der Waals surface area contributed by atoms with E-state index in [9.17, 15) is 43.5 Å². The number of benzene rings is 2. The number of rotatable bonds is 3. The van der Waals surface area contributed by atoms with Crippen molar-refractivity contribution in [3.8, 4) is 16.9 Å². The van der Waals surface area contributed by atoms with E-state index in [1.165, 1.54) is 0 Å². The smallest absolute Gasteiger partial charge is 0.376 e. The van der Waals surface area contributed by atoms with Gasteiger partial charge in [0.2, 0.25) is 0 Å². The first kappa shape index (κ1) is 19.9. The zero-order valence-electron chi connectivity index (χ0n) is 12.1. The summed E-state index contributed by atoms with van der Waals surface area (Å²) in [5.74, 6) is -4.03. The summed E-state index contributed by atoms with van der Waals surface area (Å²) in [7, 11) is -6.23. The van der Waals surface area contributed by atoms with Crippen molar-refractivity contribution in [3.05, 3.63) is 53.6 Å². The molecule has 3 nitrogen and oxygen atoms in total. The van der Waals surface area contributed by atoms with Gasteiger partial charge in [-0.2, -0.15) is 34.8 Å². The predicted octanol–water partition coefficient (Wildman–Crippen LogP) is 4.88. The quantitative estimate of drug-likeness (QED) is 0.415. The maximum Gasteiger partial charge on any atom is 0.534 e. The zero-order chi connectivity index (χ0) is 19.9. The predicted molar refractivity (Wildman–Crippen MR) is 72.4 cm³/mol. The normalized spacial score (nSPS) is 12.9. The van der Waals surface area contributed by atoms with Crippen molar-refractivity contribution in [2.24, 2.45) is 0 Å². The number of hydrogen-bond donors (Lipinski definition) is 0.